The van der Waals surface area contributed by atoms with Crippen LogP contribution in [0.2, 0.25) is 0 Å². The van der Waals surface area contributed by atoms with Crippen LogP contribution in [0, 0.1) is 0 Å². The van der Waals surface area contributed by atoms with E-state index in [9.17, 15) is 14.4 Å². The Kier molecular flexibility index (Phi) is 6.08. The Morgan fingerprint density at radius 1 is 1.45 bits per heavy atom. The van der Waals surface area contributed by atoms with Crippen molar-refractivity contribution in [2.75, 3.05) is 7.11 Å². The van der Waals surface area contributed by atoms with Crippen LogP contribution in [0.4, 0.5) is 4.79 Å². The first-order valence-electron chi connectivity index (χ1n) is 5.89. The zero-order valence-corrected chi connectivity index (χ0v) is 10.9. The fourth-order valence-corrected chi connectivity index (χ4v) is 1.41. The molecule has 0 radical (unpaired) electrons. The van der Waals surface area contributed by atoms with Gasteiger partial charge < -0.3 is 24.9 Å². The first-order valence-corrected chi connectivity index (χ1v) is 5.89. The minimum atomic E-state index is -1.22. The molecule has 8 nitrogen and oxygen atoms in total. The van der Waals surface area contributed by atoms with E-state index in [1.807, 2.05) is 0 Å². The van der Waals surface area contributed by atoms with E-state index in [2.05, 4.69) is 15.4 Å². The highest BCUT2D eigenvalue weighted by atomic mass is 16.5. The second kappa shape index (κ2) is 7.82. The van der Waals surface area contributed by atoms with Crippen molar-refractivity contribution in [3.63, 3.8) is 0 Å². The van der Waals surface area contributed by atoms with Crippen LogP contribution >= 0.6 is 0 Å². The number of esters is 1. The van der Waals surface area contributed by atoms with Crippen LogP contribution in [0.1, 0.15) is 18.6 Å². The molecule has 3 N–H and O–H groups in total. The molecule has 0 bridgehead atoms. The van der Waals surface area contributed by atoms with Gasteiger partial charge in [0.25, 0.3) is 0 Å². The number of carboxylic acid groups (broad SMARTS) is 1. The first-order chi connectivity index (χ1) is 9.52. The second-order valence-electron chi connectivity index (χ2n) is 3.91. The maximum absolute atomic E-state index is 11.5. The van der Waals surface area contributed by atoms with Crippen molar-refractivity contribution in [2.24, 2.45) is 0 Å². The van der Waals surface area contributed by atoms with Gasteiger partial charge in [-0.2, -0.15) is 0 Å². The molecule has 0 fully saturated rings. The second-order valence-corrected chi connectivity index (χ2v) is 3.91. The summed E-state index contributed by atoms with van der Waals surface area (Å²) in [6.07, 6.45) is 1.33. The molecular weight excluding hydrogens is 268 g/mol. The fourth-order valence-electron chi connectivity index (χ4n) is 1.41. The molecule has 0 saturated carbocycles. The Bertz CT molecular complexity index is 457. The highest BCUT2D eigenvalue weighted by Gasteiger charge is 2.21. The van der Waals surface area contributed by atoms with Gasteiger partial charge in [-0.05, 0) is 18.6 Å². The van der Waals surface area contributed by atoms with Crippen LogP contribution < -0.4 is 10.6 Å². The van der Waals surface area contributed by atoms with Crippen molar-refractivity contribution in [1.82, 2.24) is 10.6 Å². The van der Waals surface area contributed by atoms with Crippen molar-refractivity contribution in [3.8, 4) is 0 Å². The van der Waals surface area contributed by atoms with Gasteiger partial charge in [0.15, 0.2) is 0 Å². The van der Waals surface area contributed by atoms with Crippen molar-refractivity contribution in [2.45, 2.75) is 25.4 Å². The highest BCUT2D eigenvalue weighted by Crippen LogP contribution is 2.01. The van der Waals surface area contributed by atoms with Gasteiger partial charge >= 0.3 is 18.0 Å². The fraction of sp³-hybridized carbons (Fsp3) is 0.417. The van der Waals surface area contributed by atoms with E-state index >= 15 is 0 Å². The molecule has 0 aliphatic carbocycles. The van der Waals surface area contributed by atoms with Gasteiger partial charge in [0.2, 0.25) is 0 Å². The number of hydrogen-bond acceptors (Lipinski definition) is 5. The topological polar surface area (TPSA) is 118 Å². The molecule has 0 saturated heterocycles. The molecular formula is C12H16N2O6. The predicted molar refractivity (Wildman–Crippen MR) is 66.8 cm³/mol. The first kappa shape index (κ1) is 15.5. The lowest BCUT2D eigenvalue weighted by Crippen LogP contribution is -2.46. The summed E-state index contributed by atoms with van der Waals surface area (Å²) in [5.41, 5.74) is 0. The smallest absolute Gasteiger partial charge is 0.326 e. The molecule has 1 atom stereocenters. The Labute approximate surface area is 115 Å². The number of rotatable bonds is 7. The summed E-state index contributed by atoms with van der Waals surface area (Å²) in [5.74, 6) is -1.21. The molecule has 0 spiro atoms. The lowest BCUT2D eigenvalue weighted by atomic mass is 10.1. The zero-order chi connectivity index (χ0) is 15.0. The van der Waals surface area contributed by atoms with E-state index < -0.39 is 24.0 Å². The van der Waals surface area contributed by atoms with Crippen LogP contribution in [0.3, 0.4) is 0 Å². The lowest BCUT2D eigenvalue weighted by molar-refractivity contribution is -0.142. The molecule has 2 amide bonds. The molecule has 110 valence electrons. The number of aliphatic carboxylic acids is 1. The molecule has 8 heteroatoms. The number of amides is 2. The number of ether oxygens (including phenoxy) is 1. The van der Waals surface area contributed by atoms with Gasteiger partial charge in [0, 0.05) is 6.42 Å². The monoisotopic (exact) mass is 284 g/mol. The third-order valence-corrected chi connectivity index (χ3v) is 2.47. The van der Waals surface area contributed by atoms with Gasteiger partial charge in [-0.3, -0.25) is 4.79 Å². The van der Waals surface area contributed by atoms with Crippen LogP contribution in [0.5, 0.6) is 0 Å². The van der Waals surface area contributed by atoms with Gasteiger partial charge in [0.1, 0.15) is 11.8 Å². The van der Waals surface area contributed by atoms with E-state index in [4.69, 9.17) is 9.52 Å². The van der Waals surface area contributed by atoms with Crippen molar-refractivity contribution >= 4 is 18.0 Å². The lowest BCUT2D eigenvalue weighted by Gasteiger charge is -2.14. The summed E-state index contributed by atoms with van der Waals surface area (Å²) in [5, 5.41) is 13.7. The predicted octanol–water partition coefficient (Wildman–Crippen LogP) is 0.485. The van der Waals surface area contributed by atoms with Crippen LogP contribution in [0.25, 0.3) is 0 Å². The maximum atomic E-state index is 11.5. The molecule has 1 rings (SSSR count). The number of carbonyl (C=O) groups is 3. The normalized spacial score (nSPS) is 11.4. The van der Waals surface area contributed by atoms with Crippen molar-refractivity contribution in [1.29, 1.82) is 0 Å². The summed E-state index contributed by atoms with van der Waals surface area (Å²) in [7, 11) is 1.21. The quantitative estimate of drug-likeness (QED) is 0.627. The Morgan fingerprint density at radius 3 is 2.75 bits per heavy atom. The summed E-state index contributed by atoms with van der Waals surface area (Å²) in [4.78, 5) is 33.4. The number of carboxylic acids is 1. The molecule has 0 aliphatic heterocycles. The Balaban J connectivity index is 2.38. The number of urea groups is 1. The number of hydrogen-bond donors (Lipinski definition) is 3. The minimum Gasteiger partial charge on any atom is -0.480 e. The number of furan rings is 1. The summed E-state index contributed by atoms with van der Waals surface area (Å²) >= 11 is 0. The third kappa shape index (κ3) is 5.42. The van der Waals surface area contributed by atoms with E-state index in [1.165, 1.54) is 13.4 Å². The number of methoxy groups -OCH3 is 1. The standard InChI is InChI=1S/C12H16N2O6/c1-19-10(15)5-4-9(11(16)17)14-12(18)13-7-8-3-2-6-20-8/h2-3,6,9H,4-5,7H2,1H3,(H,16,17)(H2,13,14,18)/t9-/m0/s1. The number of carbonyl (C=O) groups excluding carboxylic acids is 2. The average molecular weight is 284 g/mol. The Morgan fingerprint density at radius 2 is 2.20 bits per heavy atom. The van der Waals surface area contributed by atoms with E-state index in [0.29, 0.717) is 5.76 Å². The van der Waals surface area contributed by atoms with Crippen LogP contribution in [-0.2, 0) is 20.9 Å². The SMILES string of the molecule is COC(=O)CC[C@H](NC(=O)NCc1ccco1)C(=O)O. The maximum Gasteiger partial charge on any atom is 0.326 e. The molecule has 20 heavy (non-hydrogen) atoms. The highest BCUT2D eigenvalue weighted by molar-refractivity contribution is 5.83. The van der Waals surface area contributed by atoms with Gasteiger partial charge in [-0.15, -0.1) is 0 Å². The molecule has 0 aliphatic rings. The molecule has 1 aromatic rings. The largest absolute Gasteiger partial charge is 0.480 e. The van der Waals surface area contributed by atoms with Crippen LogP contribution in [-0.4, -0.2) is 36.2 Å². The average Bonchev–Trinajstić information content (AvgIpc) is 2.93. The van der Waals surface area contributed by atoms with Gasteiger partial charge in [-0.1, -0.05) is 0 Å². The Hall–Kier alpha value is -2.51. The van der Waals surface area contributed by atoms with Crippen molar-refractivity contribution in [3.05, 3.63) is 24.2 Å². The summed E-state index contributed by atoms with van der Waals surface area (Å²) in [6.45, 7) is 0.141. The van der Waals surface area contributed by atoms with E-state index in [1.54, 1.807) is 12.1 Å². The summed E-state index contributed by atoms with van der Waals surface area (Å²) < 4.78 is 9.42. The number of nitrogens with one attached hydrogen (secondary N) is 2. The molecule has 0 unspecified atom stereocenters. The van der Waals surface area contributed by atoms with Gasteiger partial charge in [0.05, 0.1) is 19.9 Å². The van der Waals surface area contributed by atoms with Crippen LogP contribution in [0.15, 0.2) is 22.8 Å². The molecule has 1 heterocycles. The molecule has 1 aromatic heterocycles. The summed E-state index contributed by atoms with van der Waals surface area (Å²) in [6, 6.07) is 1.53. The van der Waals surface area contributed by atoms with Crippen molar-refractivity contribution < 1.29 is 28.6 Å². The van der Waals surface area contributed by atoms with Gasteiger partial charge in [-0.25, -0.2) is 9.59 Å². The molecule has 0 aromatic carbocycles. The van der Waals surface area contributed by atoms with E-state index in [-0.39, 0.29) is 19.4 Å². The third-order valence-electron chi connectivity index (χ3n) is 2.47. The van der Waals surface area contributed by atoms with E-state index in [0.717, 1.165) is 0 Å². The zero-order valence-electron chi connectivity index (χ0n) is 10.9. The minimum absolute atomic E-state index is 0.0455.